The molecule has 0 saturated carbocycles. The molecule has 0 spiro atoms. The highest BCUT2D eigenvalue weighted by Crippen LogP contribution is 2.28. The lowest BCUT2D eigenvalue weighted by Gasteiger charge is -2.40. The predicted molar refractivity (Wildman–Crippen MR) is 77.8 cm³/mol. The molecule has 2 N–H and O–H groups in total. The molecule has 0 amide bonds. The zero-order chi connectivity index (χ0) is 14.7. The second-order valence-electron chi connectivity index (χ2n) is 5.40. The highest BCUT2D eigenvalue weighted by Gasteiger charge is 2.37. The molecule has 0 radical (unpaired) electrons. The maximum absolute atomic E-state index is 9.44. The zero-order valence-corrected chi connectivity index (χ0v) is 12.0. The van der Waals surface area contributed by atoms with E-state index in [0.717, 1.165) is 23.6 Å². The molecule has 0 aliphatic carbocycles. The number of hydrogen-bond donors (Lipinski definition) is 2. The molecule has 21 heavy (non-hydrogen) atoms. The summed E-state index contributed by atoms with van der Waals surface area (Å²) in [5.74, 6) is 0.755. The van der Waals surface area contributed by atoms with Gasteiger partial charge in [0, 0.05) is 24.3 Å². The van der Waals surface area contributed by atoms with Crippen molar-refractivity contribution in [3.63, 3.8) is 0 Å². The van der Waals surface area contributed by atoms with Crippen LogP contribution in [0, 0.1) is 5.41 Å². The molecule has 7 heteroatoms. The third-order valence-corrected chi connectivity index (χ3v) is 3.77. The van der Waals surface area contributed by atoms with Gasteiger partial charge in [-0.2, -0.15) is 0 Å². The van der Waals surface area contributed by atoms with Crippen LogP contribution in [-0.2, 0) is 11.3 Å². The summed E-state index contributed by atoms with van der Waals surface area (Å²) in [7, 11) is 0. The fourth-order valence-electron chi connectivity index (χ4n) is 2.32. The van der Waals surface area contributed by atoms with E-state index >= 15 is 0 Å². The first kappa shape index (κ1) is 14.0. The van der Waals surface area contributed by atoms with Gasteiger partial charge in [0.1, 0.15) is 0 Å². The lowest BCUT2D eigenvalue weighted by molar-refractivity contribution is -0.128. The fraction of sp³-hybridized carbons (Fsp3) is 0.500. The molecule has 0 atom stereocenters. The smallest absolute Gasteiger partial charge is 0.182 e. The normalized spacial score (nSPS) is 16.5. The SMILES string of the molecule is CCn1nnnc1-c1cccc(NCC2(CO)COC2)c1. The Morgan fingerprint density at radius 1 is 1.43 bits per heavy atom. The second-order valence-corrected chi connectivity index (χ2v) is 5.40. The van der Waals surface area contributed by atoms with Crippen molar-refractivity contribution in [2.24, 2.45) is 5.41 Å². The number of aromatic nitrogens is 4. The number of benzene rings is 1. The number of aliphatic hydroxyl groups excluding tert-OH is 1. The minimum absolute atomic E-state index is 0.133. The fourth-order valence-corrected chi connectivity index (χ4v) is 2.32. The van der Waals surface area contributed by atoms with Crippen LogP contribution in [0.25, 0.3) is 11.4 Å². The topological polar surface area (TPSA) is 85.1 Å². The van der Waals surface area contributed by atoms with Gasteiger partial charge >= 0.3 is 0 Å². The van der Waals surface area contributed by atoms with Crippen LogP contribution in [0.1, 0.15) is 6.92 Å². The Hall–Kier alpha value is -1.99. The molecule has 1 aliphatic rings. The van der Waals surface area contributed by atoms with Crippen LogP contribution in [0.2, 0.25) is 0 Å². The minimum atomic E-state index is -0.152. The van der Waals surface area contributed by atoms with Crippen LogP contribution < -0.4 is 5.32 Å². The highest BCUT2D eigenvalue weighted by molar-refractivity contribution is 5.62. The Balaban J connectivity index is 1.74. The predicted octanol–water partition coefficient (Wildman–Crippen LogP) is 0.781. The van der Waals surface area contributed by atoms with Crippen molar-refractivity contribution in [1.82, 2.24) is 20.2 Å². The number of ether oxygens (including phenoxy) is 1. The summed E-state index contributed by atoms with van der Waals surface area (Å²) in [6.07, 6.45) is 0. The number of rotatable bonds is 6. The Labute approximate surface area is 122 Å². The van der Waals surface area contributed by atoms with Crippen molar-refractivity contribution >= 4 is 5.69 Å². The number of tetrazole rings is 1. The average molecular weight is 289 g/mol. The molecular weight excluding hydrogens is 270 g/mol. The van der Waals surface area contributed by atoms with Gasteiger partial charge in [-0.25, -0.2) is 4.68 Å². The van der Waals surface area contributed by atoms with Crippen molar-refractivity contribution in [3.05, 3.63) is 24.3 Å². The van der Waals surface area contributed by atoms with Gasteiger partial charge in [-0.05, 0) is 29.5 Å². The molecule has 0 bridgehead atoms. The minimum Gasteiger partial charge on any atom is -0.396 e. The van der Waals surface area contributed by atoms with E-state index in [9.17, 15) is 5.11 Å². The number of nitrogens with one attached hydrogen (secondary N) is 1. The van der Waals surface area contributed by atoms with E-state index in [4.69, 9.17) is 4.74 Å². The summed E-state index contributed by atoms with van der Waals surface area (Å²) >= 11 is 0. The Morgan fingerprint density at radius 3 is 2.95 bits per heavy atom. The molecule has 3 rings (SSSR count). The molecule has 1 fully saturated rings. The van der Waals surface area contributed by atoms with Crippen molar-refractivity contribution in [1.29, 1.82) is 0 Å². The molecule has 1 aromatic heterocycles. The summed E-state index contributed by atoms with van der Waals surface area (Å²) in [4.78, 5) is 0. The Morgan fingerprint density at radius 2 is 2.29 bits per heavy atom. The van der Waals surface area contributed by atoms with E-state index < -0.39 is 0 Å². The Bertz CT molecular complexity index is 603. The van der Waals surface area contributed by atoms with Gasteiger partial charge in [0.05, 0.1) is 25.2 Å². The van der Waals surface area contributed by atoms with E-state index in [1.165, 1.54) is 0 Å². The lowest BCUT2D eigenvalue weighted by atomic mass is 9.87. The van der Waals surface area contributed by atoms with Crippen LogP contribution in [0.15, 0.2) is 24.3 Å². The summed E-state index contributed by atoms with van der Waals surface area (Å²) in [5, 5.41) is 24.5. The monoisotopic (exact) mass is 289 g/mol. The number of aryl methyl sites for hydroxylation is 1. The summed E-state index contributed by atoms with van der Waals surface area (Å²) < 4.78 is 6.96. The standard InChI is InChI=1S/C14H19N5O2/c1-2-19-13(16-17-18-19)11-4-3-5-12(6-11)15-7-14(8-20)9-21-10-14/h3-6,15,20H,2,7-10H2,1H3. The molecule has 2 aromatic rings. The number of nitrogens with zero attached hydrogens (tertiary/aromatic N) is 4. The maximum atomic E-state index is 9.44. The molecule has 2 heterocycles. The highest BCUT2D eigenvalue weighted by atomic mass is 16.5. The molecule has 7 nitrogen and oxygen atoms in total. The molecule has 0 unspecified atom stereocenters. The van der Waals surface area contributed by atoms with E-state index in [2.05, 4.69) is 20.8 Å². The number of hydrogen-bond acceptors (Lipinski definition) is 6. The van der Waals surface area contributed by atoms with Crippen molar-refractivity contribution in [2.75, 3.05) is 31.7 Å². The summed E-state index contributed by atoms with van der Waals surface area (Å²) in [6, 6.07) is 7.96. The zero-order valence-electron chi connectivity index (χ0n) is 12.0. The largest absolute Gasteiger partial charge is 0.396 e. The molecule has 1 aliphatic heterocycles. The van der Waals surface area contributed by atoms with Crippen LogP contribution in [-0.4, -0.2) is 51.7 Å². The number of aliphatic hydroxyl groups is 1. The van der Waals surface area contributed by atoms with Gasteiger partial charge in [0.2, 0.25) is 0 Å². The maximum Gasteiger partial charge on any atom is 0.182 e. The Kier molecular flexibility index (Phi) is 3.85. The summed E-state index contributed by atoms with van der Waals surface area (Å²) in [5.41, 5.74) is 1.80. The van der Waals surface area contributed by atoms with Gasteiger partial charge in [0.25, 0.3) is 0 Å². The van der Waals surface area contributed by atoms with E-state index in [1.54, 1.807) is 4.68 Å². The van der Waals surface area contributed by atoms with Crippen LogP contribution in [0.3, 0.4) is 0 Å². The first-order chi connectivity index (χ1) is 10.3. The quantitative estimate of drug-likeness (QED) is 0.817. The van der Waals surface area contributed by atoms with Gasteiger partial charge in [-0.3, -0.25) is 0 Å². The first-order valence-electron chi connectivity index (χ1n) is 7.05. The molecule has 1 saturated heterocycles. The molecule has 112 valence electrons. The third-order valence-electron chi connectivity index (χ3n) is 3.77. The van der Waals surface area contributed by atoms with Crippen LogP contribution in [0.4, 0.5) is 5.69 Å². The lowest BCUT2D eigenvalue weighted by Crippen LogP contribution is -2.50. The van der Waals surface area contributed by atoms with Gasteiger partial charge < -0.3 is 15.2 Å². The van der Waals surface area contributed by atoms with Gasteiger partial charge in [-0.15, -0.1) is 5.10 Å². The summed E-state index contributed by atoms with van der Waals surface area (Å²) in [6.45, 7) is 4.75. The average Bonchev–Trinajstić information content (AvgIpc) is 2.95. The van der Waals surface area contributed by atoms with Crippen LogP contribution >= 0.6 is 0 Å². The van der Waals surface area contributed by atoms with Crippen LogP contribution in [0.5, 0.6) is 0 Å². The van der Waals surface area contributed by atoms with Crippen molar-refractivity contribution in [3.8, 4) is 11.4 Å². The van der Waals surface area contributed by atoms with E-state index in [0.29, 0.717) is 19.8 Å². The first-order valence-corrected chi connectivity index (χ1v) is 7.05. The molecule has 1 aromatic carbocycles. The molecular formula is C14H19N5O2. The third kappa shape index (κ3) is 2.74. The van der Waals surface area contributed by atoms with E-state index in [1.807, 2.05) is 31.2 Å². The number of anilines is 1. The van der Waals surface area contributed by atoms with Gasteiger partial charge in [-0.1, -0.05) is 12.1 Å². The van der Waals surface area contributed by atoms with Crippen molar-refractivity contribution in [2.45, 2.75) is 13.5 Å². The van der Waals surface area contributed by atoms with E-state index in [-0.39, 0.29) is 12.0 Å². The second kappa shape index (κ2) is 5.79. The van der Waals surface area contributed by atoms with Gasteiger partial charge in [0.15, 0.2) is 5.82 Å². The van der Waals surface area contributed by atoms with Crippen molar-refractivity contribution < 1.29 is 9.84 Å².